The van der Waals surface area contributed by atoms with Crippen molar-refractivity contribution in [1.82, 2.24) is 15.5 Å². The standard InChI is InChI=1S/C19H25N3O2/c1-13-7-9-15(10-8-13)19-22-21-18(24-19)12-11-17(23)20-16-6-4-3-5-14(16)2/h7-10,14,16H,3-6,11-12H2,1-2H3,(H,20,23)/t14-,16+/m0/s1. The van der Waals surface area contributed by atoms with Crippen LogP contribution in [0.4, 0.5) is 0 Å². The van der Waals surface area contributed by atoms with Gasteiger partial charge in [0.25, 0.3) is 0 Å². The minimum absolute atomic E-state index is 0.0730. The van der Waals surface area contributed by atoms with Gasteiger partial charge in [-0.1, -0.05) is 37.5 Å². The van der Waals surface area contributed by atoms with Crippen LogP contribution in [-0.4, -0.2) is 22.1 Å². The minimum atomic E-state index is 0.0730. The molecule has 0 bridgehead atoms. The lowest BCUT2D eigenvalue weighted by Gasteiger charge is -2.29. The molecule has 2 aromatic rings. The molecule has 0 radical (unpaired) electrons. The molecule has 1 heterocycles. The Bertz CT molecular complexity index is 678. The molecule has 1 aliphatic rings. The summed E-state index contributed by atoms with van der Waals surface area (Å²) < 4.78 is 5.67. The van der Waals surface area contributed by atoms with Crippen molar-refractivity contribution >= 4 is 5.91 Å². The van der Waals surface area contributed by atoms with Gasteiger partial charge in [0.2, 0.25) is 17.7 Å². The molecule has 24 heavy (non-hydrogen) atoms. The number of nitrogens with one attached hydrogen (secondary N) is 1. The molecule has 1 aromatic heterocycles. The van der Waals surface area contributed by atoms with E-state index < -0.39 is 0 Å². The van der Waals surface area contributed by atoms with Gasteiger partial charge in [0.05, 0.1) is 0 Å². The third-order valence-electron chi connectivity index (χ3n) is 4.79. The van der Waals surface area contributed by atoms with Gasteiger partial charge in [-0.2, -0.15) is 0 Å². The second kappa shape index (κ2) is 7.60. The van der Waals surface area contributed by atoms with Crippen LogP contribution in [0.2, 0.25) is 0 Å². The van der Waals surface area contributed by atoms with Crippen LogP contribution < -0.4 is 5.32 Å². The Hall–Kier alpha value is -2.17. The second-order valence-electron chi connectivity index (χ2n) is 6.80. The van der Waals surface area contributed by atoms with E-state index in [1.165, 1.54) is 24.8 Å². The summed E-state index contributed by atoms with van der Waals surface area (Å²) in [5.41, 5.74) is 2.09. The van der Waals surface area contributed by atoms with Crippen molar-refractivity contribution in [2.24, 2.45) is 5.92 Å². The number of amides is 1. The van der Waals surface area contributed by atoms with Gasteiger partial charge >= 0.3 is 0 Å². The average molecular weight is 327 g/mol. The summed E-state index contributed by atoms with van der Waals surface area (Å²) >= 11 is 0. The highest BCUT2D eigenvalue weighted by atomic mass is 16.4. The summed E-state index contributed by atoms with van der Waals surface area (Å²) in [6, 6.07) is 8.26. The molecule has 1 saturated carbocycles. The molecule has 1 amide bonds. The van der Waals surface area contributed by atoms with E-state index in [1.54, 1.807) is 0 Å². The van der Waals surface area contributed by atoms with Crippen LogP contribution in [0.3, 0.4) is 0 Å². The van der Waals surface area contributed by atoms with Crippen molar-refractivity contribution in [2.75, 3.05) is 0 Å². The first-order chi connectivity index (χ1) is 11.6. The second-order valence-corrected chi connectivity index (χ2v) is 6.80. The highest BCUT2D eigenvalue weighted by Crippen LogP contribution is 2.24. The van der Waals surface area contributed by atoms with Gasteiger partial charge in [-0.25, -0.2) is 0 Å². The largest absolute Gasteiger partial charge is 0.421 e. The number of aromatic nitrogens is 2. The molecule has 3 rings (SSSR count). The molecular formula is C19H25N3O2. The van der Waals surface area contributed by atoms with Crippen molar-refractivity contribution in [1.29, 1.82) is 0 Å². The van der Waals surface area contributed by atoms with Crippen LogP contribution in [0.1, 0.15) is 50.5 Å². The Morgan fingerprint density at radius 1 is 1.21 bits per heavy atom. The molecule has 5 heteroatoms. The van der Waals surface area contributed by atoms with Gasteiger partial charge < -0.3 is 9.73 Å². The number of carbonyl (C=O) groups is 1. The number of aryl methyl sites for hydroxylation is 2. The Labute approximate surface area is 142 Å². The van der Waals surface area contributed by atoms with Crippen LogP contribution in [-0.2, 0) is 11.2 Å². The Kier molecular flexibility index (Phi) is 5.28. The Morgan fingerprint density at radius 3 is 2.71 bits per heavy atom. The fourth-order valence-corrected chi connectivity index (χ4v) is 3.20. The number of hydrogen-bond acceptors (Lipinski definition) is 4. The molecule has 5 nitrogen and oxygen atoms in total. The predicted molar refractivity (Wildman–Crippen MR) is 92.4 cm³/mol. The highest BCUT2D eigenvalue weighted by Gasteiger charge is 2.22. The van der Waals surface area contributed by atoms with E-state index in [-0.39, 0.29) is 5.91 Å². The summed E-state index contributed by atoms with van der Waals surface area (Å²) in [6.07, 6.45) is 5.64. The van der Waals surface area contributed by atoms with Gasteiger partial charge in [0.15, 0.2) is 0 Å². The van der Waals surface area contributed by atoms with Crippen molar-refractivity contribution in [3.05, 3.63) is 35.7 Å². The van der Waals surface area contributed by atoms with Crippen LogP contribution >= 0.6 is 0 Å². The monoisotopic (exact) mass is 327 g/mol. The normalized spacial score (nSPS) is 20.8. The Balaban J connectivity index is 1.51. The highest BCUT2D eigenvalue weighted by molar-refractivity contribution is 5.76. The van der Waals surface area contributed by atoms with E-state index in [9.17, 15) is 4.79 Å². The van der Waals surface area contributed by atoms with Crippen molar-refractivity contribution in [2.45, 2.75) is 58.4 Å². The van der Waals surface area contributed by atoms with Crippen LogP contribution in [0.25, 0.3) is 11.5 Å². The van der Waals surface area contributed by atoms with E-state index in [0.717, 1.165) is 12.0 Å². The maximum atomic E-state index is 12.1. The SMILES string of the molecule is Cc1ccc(-c2nnc(CCC(=O)N[C@@H]3CCCC[C@@H]3C)o2)cc1. The van der Waals surface area contributed by atoms with E-state index in [4.69, 9.17) is 4.42 Å². The van der Waals surface area contributed by atoms with Gasteiger partial charge in [0, 0.05) is 24.4 Å². The zero-order valence-corrected chi connectivity index (χ0v) is 14.4. The van der Waals surface area contributed by atoms with Crippen molar-refractivity contribution < 1.29 is 9.21 Å². The first kappa shape index (κ1) is 16.7. The van der Waals surface area contributed by atoms with E-state index in [2.05, 4.69) is 22.4 Å². The summed E-state index contributed by atoms with van der Waals surface area (Å²) in [5.74, 6) is 1.66. The third kappa shape index (κ3) is 4.22. The summed E-state index contributed by atoms with van der Waals surface area (Å²) in [7, 11) is 0. The zero-order valence-electron chi connectivity index (χ0n) is 14.4. The molecule has 0 spiro atoms. The molecule has 0 saturated heterocycles. The molecule has 128 valence electrons. The van der Waals surface area contributed by atoms with Crippen molar-refractivity contribution in [3.8, 4) is 11.5 Å². The maximum absolute atomic E-state index is 12.1. The summed E-state index contributed by atoms with van der Waals surface area (Å²) in [4.78, 5) is 12.1. The predicted octanol–water partition coefficient (Wildman–Crippen LogP) is 3.67. The van der Waals surface area contributed by atoms with Gasteiger partial charge in [-0.15, -0.1) is 10.2 Å². The minimum Gasteiger partial charge on any atom is -0.421 e. The lowest BCUT2D eigenvalue weighted by molar-refractivity contribution is -0.122. The number of nitrogens with zero attached hydrogens (tertiary/aromatic N) is 2. The first-order valence-corrected chi connectivity index (χ1v) is 8.80. The summed E-state index contributed by atoms with van der Waals surface area (Å²) in [5, 5.41) is 11.3. The molecule has 1 fully saturated rings. The van der Waals surface area contributed by atoms with E-state index in [1.807, 2.05) is 31.2 Å². The van der Waals surface area contributed by atoms with E-state index >= 15 is 0 Å². The van der Waals surface area contributed by atoms with Crippen molar-refractivity contribution in [3.63, 3.8) is 0 Å². The van der Waals surface area contributed by atoms with Crippen LogP contribution in [0, 0.1) is 12.8 Å². The number of benzene rings is 1. The molecule has 0 aliphatic heterocycles. The molecule has 1 aromatic carbocycles. The molecule has 0 unspecified atom stereocenters. The van der Waals surface area contributed by atoms with E-state index in [0.29, 0.717) is 36.6 Å². The topological polar surface area (TPSA) is 68.0 Å². The van der Waals surface area contributed by atoms with Crippen LogP contribution in [0.5, 0.6) is 0 Å². The average Bonchev–Trinajstić information content (AvgIpc) is 3.05. The van der Waals surface area contributed by atoms with Gasteiger partial charge in [-0.3, -0.25) is 4.79 Å². The molecule has 1 N–H and O–H groups in total. The molecular weight excluding hydrogens is 302 g/mol. The van der Waals surface area contributed by atoms with Crippen LogP contribution in [0.15, 0.2) is 28.7 Å². The fourth-order valence-electron chi connectivity index (χ4n) is 3.20. The Morgan fingerprint density at radius 2 is 1.96 bits per heavy atom. The molecule has 2 atom stereocenters. The lowest BCUT2D eigenvalue weighted by atomic mass is 9.86. The summed E-state index contributed by atoms with van der Waals surface area (Å²) in [6.45, 7) is 4.25. The number of hydrogen-bond donors (Lipinski definition) is 1. The lowest BCUT2D eigenvalue weighted by Crippen LogP contribution is -2.41. The maximum Gasteiger partial charge on any atom is 0.247 e. The van der Waals surface area contributed by atoms with Gasteiger partial charge in [0.1, 0.15) is 0 Å². The number of rotatable bonds is 5. The smallest absolute Gasteiger partial charge is 0.247 e. The number of carbonyl (C=O) groups excluding carboxylic acids is 1. The molecule has 1 aliphatic carbocycles. The first-order valence-electron chi connectivity index (χ1n) is 8.80. The zero-order chi connectivity index (χ0) is 16.9. The third-order valence-corrected chi connectivity index (χ3v) is 4.79. The van der Waals surface area contributed by atoms with Gasteiger partial charge in [-0.05, 0) is 37.8 Å². The quantitative estimate of drug-likeness (QED) is 0.910. The fraction of sp³-hybridized carbons (Fsp3) is 0.526.